The van der Waals surface area contributed by atoms with E-state index in [1.807, 2.05) is 33.7 Å². The number of aryl methyl sites for hydroxylation is 1. The third-order valence-electron chi connectivity index (χ3n) is 7.86. The van der Waals surface area contributed by atoms with E-state index < -0.39 is 0 Å². The van der Waals surface area contributed by atoms with Crippen molar-refractivity contribution in [3.63, 3.8) is 0 Å². The Morgan fingerprint density at radius 1 is 0.648 bits per heavy atom. The Morgan fingerprint density at radius 3 is 1.91 bits per heavy atom. The molecule has 9 rings (SSSR count). The molecule has 0 bridgehead atoms. The minimum Gasteiger partial charge on any atom is -0.493 e. The van der Waals surface area contributed by atoms with Gasteiger partial charge in [-0.25, -0.2) is 39.5 Å². The van der Waals surface area contributed by atoms with Gasteiger partial charge >= 0.3 is 5.82 Å². The summed E-state index contributed by atoms with van der Waals surface area (Å²) in [5, 5.41) is 0. The highest BCUT2D eigenvalue weighted by Gasteiger charge is 2.16. The van der Waals surface area contributed by atoms with Gasteiger partial charge in [0.05, 0.1) is 38.0 Å². The van der Waals surface area contributed by atoms with E-state index >= 15 is 0 Å². The standard InChI is InChI=1S/C13H14N5O.C13H13N5O.C10H7N5O/c1-2-7-19-10-3-5-18(6-4-10)13-11-12(15-8-14-11)16-9-17-13;1-2-5-18-9-16-11-12(14-8-15-13(11)18)17-6-3-10(19)4-7-17;16-7-1-3-15(4-2-7)10-8-9(12-5-11-8)13-6-14-10/h3-6,8-9H,2,7H2,1H3,(H,14,15,16,17);3-4,6-9H,2,5H2,1H3;1-6H,(H,11,12,13,14)/q+1;;. The summed E-state index contributed by atoms with van der Waals surface area (Å²) in [5.74, 6) is 2.97. The van der Waals surface area contributed by atoms with Gasteiger partial charge in [0.1, 0.15) is 23.9 Å². The largest absolute Gasteiger partial charge is 0.493 e. The molecule has 0 saturated heterocycles. The first-order valence-corrected chi connectivity index (χ1v) is 17.0. The number of nitrogens with zero attached hydrogens (tertiary/aromatic N) is 13. The molecule has 0 atom stereocenters. The second-order valence-electron chi connectivity index (χ2n) is 11.6. The van der Waals surface area contributed by atoms with Crippen molar-refractivity contribution < 1.29 is 9.30 Å². The molecule has 0 aliphatic carbocycles. The fraction of sp³-hybridized carbons (Fsp3) is 0.167. The lowest BCUT2D eigenvalue weighted by molar-refractivity contribution is -0.598. The molecule has 0 fully saturated rings. The summed E-state index contributed by atoms with van der Waals surface area (Å²) in [7, 11) is 0. The molecule has 18 heteroatoms. The SMILES string of the molecule is CCCOc1cc[n+](-c2ncnc3nc[nH]c23)cc1.CCCn1cnc2c(-n3ccc(=O)cc3)ncnc21.O=c1ccn(-c2ncnc3nc[nH]c23)cc1. The molecule has 9 heterocycles. The van der Waals surface area contributed by atoms with Gasteiger partial charge in [0.25, 0.3) is 0 Å². The number of nitrogens with one attached hydrogen (secondary N) is 2. The van der Waals surface area contributed by atoms with Crippen LogP contribution in [0, 0.1) is 0 Å². The number of rotatable bonds is 8. The van der Waals surface area contributed by atoms with Crippen LogP contribution in [0.25, 0.3) is 50.9 Å². The molecule has 270 valence electrons. The van der Waals surface area contributed by atoms with E-state index in [9.17, 15) is 9.59 Å². The monoisotopic (exact) mass is 724 g/mol. The molecule has 18 nitrogen and oxygen atoms in total. The molecule has 9 aromatic rings. The zero-order valence-corrected chi connectivity index (χ0v) is 29.3. The van der Waals surface area contributed by atoms with E-state index in [2.05, 4.69) is 68.7 Å². The van der Waals surface area contributed by atoms with Crippen LogP contribution < -0.4 is 20.2 Å². The van der Waals surface area contributed by atoms with Gasteiger partial charge in [-0.1, -0.05) is 13.8 Å². The van der Waals surface area contributed by atoms with Crippen LogP contribution in [0.2, 0.25) is 0 Å². The Morgan fingerprint density at radius 2 is 1.24 bits per heavy atom. The second kappa shape index (κ2) is 16.2. The van der Waals surface area contributed by atoms with Crippen molar-refractivity contribution in [2.45, 2.75) is 33.2 Å². The average Bonchev–Trinajstić information content (AvgIpc) is 3.99. The number of H-pyrrole nitrogens is 2. The zero-order valence-electron chi connectivity index (χ0n) is 29.3. The molecule has 9 aromatic heterocycles. The topological polar surface area (TPSA) is 210 Å². The molecule has 0 unspecified atom stereocenters. The maximum atomic E-state index is 11.1. The maximum absolute atomic E-state index is 11.1. The van der Waals surface area contributed by atoms with E-state index in [1.165, 1.54) is 43.2 Å². The molecule has 0 amide bonds. The highest BCUT2D eigenvalue weighted by molar-refractivity contribution is 5.78. The minimum atomic E-state index is -0.0360. The Hall–Kier alpha value is -7.50. The van der Waals surface area contributed by atoms with E-state index in [0.717, 1.165) is 59.8 Å². The summed E-state index contributed by atoms with van der Waals surface area (Å²) in [6, 6.07) is 9.78. The van der Waals surface area contributed by atoms with Crippen LogP contribution in [0.4, 0.5) is 0 Å². The van der Waals surface area contributed by atoms with Crippen molar-refractivity contribution in [2.75, 3.05) is 6.61 Å². The number of hydrogen-bond donors (Lipinski definition) is 2. The van der Waals surface area contributed by atoms with Gasteiger partial charge in [-0.3, -0.25) is 9.59 Å². The molecule has 0 radical (unpaired) electrons. The highest BCUT2D eigenvalue weighted by Crippen LogP contribution is 2.17. The molecule has 0 aromatic carbocycles. The van der Waals surface area contributed by atoms with Gasteiger partial charge in [-0.05, 0) is 17.8 Å². The molecule has 0 aliphatic rings. The predicted molar refractivity (Wildman–Crippen MR) is 197 cm³/mol. The van der Waals surface area contributed by atoms with Crippen LogP contribution in [-0.4, -0.2) is 75.1 Å². The molecule has 0 aliphatic heterocycles. The summed E-state index contributed by atoms with van der Waals surface area (Å²) in [4.78, 5) is 65.8. The molecular formula is C36H34N15O3+. The minimum absolute atomic E-state index is 0.0296. The number of aromatic nitrogens is 15. The molecule has 0 spiro atoms. The van der Waals surface area contributed by atoms with Crippen LogP contribution in [0.3, 0.4) is 0 Å². The Balaban J connectivity index is 0.000000126. The molecule has 0 saturated carbocycles. The van der Waals surface area contributed by atoms with Crippen LogP contribution >= 0.6 is 0 Å². The van der Waals surface area contributed by atoms with E-state index in [-0.39, 0.29) is 10.9 Å². The molecule has 2 N–H and O–H groups in total. The van der Waals surface area contributed by atoms with Crippen molar-refractivity contribution in [3.05, 3.63) is 132 Å². The van der Waals surface area contributed by atoms with Crippen LogP contribution in [-0.2, 0) is 6.54 Å². The lowest BCUT2D eigenvalue weighted by Crippen LogP contribution is -2.31. The smallest absolute Gasteiger partial charge is 0.357 e. The first-order valence-electron chi connectivity index (χ1n) is 17.0. The van der Waals surface area contributed by atoms with Gasteiger partial charge in [0, 0.05) is 67.7 Å². The predicted octanol–water partition coefficient (Wildman–Crippen LogP) is 3.31. The normalized spacial score (nSPS) is 10.9. The summed E-state index contributed by atoms with van der Waals surface area (Å²) >= 11 is 0. The highest BCUT2D eigenvalue weighted by atomic mass is 16.5. The first kappa shape index (κ1) is 34.9. The third-order valence-corrected chi connectivity index (χ3v) is 7.86. The maximum Gasteiger partial charge on any atom is 0.357 e. The van der Waals surface area contributed by atoms with Gasteiger partial charge < -0.3 is 28.4 Å². The summed E-state index contributed by atoms with van der Waals surface area (Å²) < 4.78 is 13.0. The summed E-state index contributed by atoms with van der Waals surface area (Å²) in [6.07, 6.45) is 21.9. The molecular weight excluding hydrogens is 690 g/mol. The van der Waals surface area contributed by atoms with Gasteiger partial charge in [0.2, 0.25) is 6.33 Å². The zero-order chi connectivity index (χ0) is 37.3. The fourth-order valence-corrected chi connectivity index (χ4v) is 5.34. The van der Waals surface area contributed by atoms with Crippen LogP contribution in [0.1, 0.15) is 26.7 Å². The fourth-order valence-electron chi connectivity index (χ4n) is 5.34. The number of fused-ring (bicyclic) bond motifs is 3. The van der Waals surface area contributed by atoms with Crippen molar-refractivity contribution in [1.82, 2.24) is 68.5 Å². The summed E-state index contributed by atoms with van der Waals surface area (Å²) in [5.41, 5.74) is 4.29. The number of imidazole rings is 3. The number of pyridine rings is 3. The van der Waals surface area contributed by atoms with E-state index in [4.69, 9.17) is 4.74 Å². The number of hydrogen-bond acceptors (Lipinski definition) is 12. The molecule has 54 heavy (non-hydrogen) atoms. The Bertz CT molecular complexity index is 2710. The first-order chi connectivity index (χ1) is 26.5. The van der Waals surface area contributed by atoms with Gasteiger partial charge in [-0.2, -0.15) is 4.98 Å². The lowest BCUT2D eigenvalue weighted by Gasteiger charge is -2.05. The van der Waals surface area contributed by atoms with Gasteiger partial charge in [-0.15, -0.1) is 0 Å². The summed E-state index contributed by atoms with van der Waals surface area (Å²) in [6.45, 7) is 5.79. The quantitative estimate of drug-likeness (QED) is 0.216. The van der Waals surface area contributed by atoms with Crippen molar-refractivity contribution in [3.8, 4) is 23.2 Å². The number of aromatic amines is 2. The van der Waals surface area contributed by atoms with Crippen molar-refractivity contribution >= 4 is 33.5 Å². The lowest BCUT2D eigenvalue weighted by atomic mass is 10.4. The van der Waals surface area contributed by atoms with Gasteiger partial charge in [0.15, 0.2) is 50.5 Å². The van der Waals surface area contributed by atoms with Crippen molar-refractivity contribution in [1.29, 1.82) is 0 Å². The van der Waals surface area contributed by atoms with Crippen LogP contribution in [0.15, 0.2) is 121 Å². The Kier molecular flexibility index (Phi) is 10.5. The number of ether oxygens (including phenoxy) is 1. The van der Waals surface area contributed by atoms with E-state index in [1.54, 1.807) is 52.9 Å². The van der Waals surface area contributed by atoms with E-state index in [0.29, 0.717) is 22.9 Å². The Labute approximate surface area is 306 Å². The van der Waals surface area contributed by atoms with Crippen LogP contribution in [0.5, 0.6) is 5.75 Å². The second-order valence-corrected chi connectivity index (χ2v) is 11.6. The third kappa shape index (κ3) is 7.71. The van der Waals surface area contributed by atoms with Crippen molar-refractivity contribution in [2.24, 2.45) is 0 Å². The average molecular weight is 725 g/mol.